The van der Waals surface area contributed by atoms with Gasteiger partial charge in [0.05, 0.1) is 16.6 Å². The number of thiazole rings is 1. The number of amides is 1. The van der Waals surface area contributed by atoms with Crippen molar-refractivity contribution in [1.82, 2.24) is 9.88 Å². The largest absolute Gasteiger partial charge is 0.345 e. The third-order valence-electron chi connectivity index (χ3n) is 5.28. The predicted molar refractivity (Wildman–Crippen MR) is 113 cm³/mol. The number of rotatable bonds is 3. The number of carbonyl (C=O) groups excluding carboxylic acids is 1. The summed E-state index contributed by atoms with van der Waals surface area (Å²) in [6.07, 6.45) is 0.360. The highest BCUT2D eigenvalue weighted by atomic mass is 35.5. The number of anilines is 1. The van der Waals surface area contributed by atoms with Gasteiger partial charge < -0.3 is 9.80 Å². The molecule has 140 valence electrons. The van der Waals surface area contributed by atoms with Gasteiger partial charge in [-0.05, 0) is 42.7 Å². The summed E-state index contributed by atoms with van der Waals surface area (Å²) in [7, 11) is 0. The topological polar surface area (TPSA) is 36.4 Å². The zero-order valence-corrected chi connectivity index (χ0v) is 17.1. The normalized spacial score (nSPS) is 14.8. The van der Waals surface area contributed by atoms with E-state index in [1.165, 1.54) is 15.8 Å². The molecule has 3 aromatic rings. The summed E-state index contributed by atoms with van der Waals surface area (Å²) >= 11 is 7.92. The van der Waals surface area contributed by atoms with Crippen molar-refractivity contribution in [3.63, 3.8) is 0 Å². The zero-order valence-electron chi connectivity index (χ0n) is 15.5. The van der Waals surface area contributed by atoms with Gasteiger partial charge >= 0.3 is 0 Å². The molecule has 27 heavy (non-hydrogen) atoms. The quantitative estimate of drug-likeness (QED) is 0.652. The first-order valence-corrected chi connectivity index (χ1v) is 10.4. The van der Waals surface area contributed by atoms with E-state index in [1.54, 1.807) is 11.3 Å². The van der Waals surface area contributed by atoms with Gasteiger partial charge in [0.2, 0.25) is 5.91 Å². The first-order chi connectivity index (χ1) is 13.0. The highest BCUT2D eigenvalue weighted by Gasteiger charge is 2.23. The van der Waals surface area contributed by atoms with Crippen LogP contribution in [0.3, 0.4) is 0 Å². The van der Waals surface area contributed by atoms with Crippen molar-refractivity contribution in [2.24, 2.45) is 0 Å². The first-order valence-electron chi connectivity index (χ1n) is 9.16. The van der Waals surface area contributed by atoms with Crippen LogP contribution < -0.4 is 4.90 Å². The molecule has 4 rings (SSSR count). The molecule has 1 aromatic heterocycles. The van der Waals surface area contributed by atoms with Gasteiger partial charge in [0.1, 0.15) is 0 Å². The Morgan fingerprint density at radius 1 is 1.11 bits per heavy atom. The van der Waals surface area contributed by atoms with E-state index in [2.05, 4.69) is 30.9 Å². The van der Waals surface area contributed by atoms with Gasteiger partial charge in [-0.2, -0.15) is 0 Å². The van der Waals surface area contributed by atoms with Gasteiger partial charge in [-0.15, -0.1) is 0 Å². The van der Waals surface area contributed by atoms with E-state index in [-0.39, 0.29) is 5.91 Å². The van der Waals surface area contributed by atoms with E-state index in [4.69, 9.17) is 16.6 Å². The van der Waals surface area contributed by atoms with Crippen molar-refractivity contribution in [3.8, 4) is 0 Å². The molecule has 1 amide bonds. The van der Waals surface area contributed by atoms with Crippen LogP contribution in [0.1, 0.15) is 16.7 Å². The number of aryl methyl sites for hydroxylation is 2. The van der Waals surface area contributed by atoms with Crippen LogP contribution in [0, 0.1) is 13.8 Å². The van der Waals surface area contributed by atoms with Gasteiger partial charge in [-0.3, -0.25) is 4.79 Å². The fourth-order valence-electron chi connectivity index (χ4n) is 3.41. The molecule has 0 N–H and O–H groups in total. The summed E-state index contributed by atoms with van der Waals surface area (Å²) in [6, 6.07) is 11.9. The molecular formula is C21H22ClN3OS. The molecule has 1 saturated heterocycles. The molecule has 6 heteroatoms. The SMILES string of the molecule is Cc1ccc2sc(N3CCN(C(=O)Cc4ccccc4Cl)CC3)nc2c1C. The van der Waals surface area contributed by atoms with Gasteiger partial charge in [-0.25, -0.2) is 4.98 Å². The van der Waals surface area contributed by atoms with Crippen molar-refractivity contribution in [3.05, 3.63) is 58.1 Å². The number of hydrogen-bond acceptors (Lipinski definition) is 4. The molecule has 1 aliphatic heterocycles. The third-order valence-corrected chi connectivity index (χ3v) is 6.73. The maximum absolute atomic E-state index is 12.6. The van der Waals surface area contributed by atoms with Crippen molar-refractivity contribution in [1.29, 1.82) is 0 Å². The van der Waals surface area contributed by atoms with Crippen molar-refractivity contribution >= 4 is 44.2 Å². The number of carbonyl (C=O) groups is 1. The summed E-state index contributed by atoms with van der Waals surface area (Å²) in [4.78, 5) is 21.7. The van der Waals surface area contributed by atoms with Gasteiger partial charge in [0.25, 0.3) is 0 Å². The van der Waals surface area contributed by atoms with Crippen LogP contribution in [0.15, 0.2) is 36.4 Å². The Balaban J connectivity index is 1.42. The number of halogens is 1. The molecule has 0 atom stereocenters. The minimum atomic E-state index is 0.138. The molecule has 0 unspecified atom stereocenters. The third kappa shape index (κ3) is 3.66. The van der Waals surface area contributed by atoms with E-state index >= 15 is 0 Å². The Hall–Kier alpha value is -2.11. The van der Waals surface area contributed by atoms with Crippen molar-refractivity contribution in [2.75, 3.05) is 31.1 Å². The smallest absolute Gasteiger partial charge is 0.227 e. The van der Waals surface area contributed by atoms with Crippen LogP contribution in [-0.2, 0) is 11.2 Å². The first kappa shape index (κ1) is 18.3. The Morgan fingerprint density at radius 2 is 1.85 bits per heavy atom. The maximum atomic E-state index is 12.6. The fraction of sp³-hybridized carbons (Fsp3) is 0.333. The fourth-order valence-corrected chi connectivity index (χ4v) is 4.69. The summed E-state index contributed by atoms with van der Waals surface area (Å²) < 4.78 is 1.23. The Labute approximate surface area is 168 Å². The number of nitrogens with zero attached hydrogens (tertiary/aromatic N) is 3. The number of aromatic nitrogens is 1. The number of benzene rings is 2. The van der Waals surface area contributed by atoms with Gasteiger partial charge in [0, 0.05) is 31.2 Å². The summed E-state index contributed by atoms with van der Waals surface area (Å²) in [5.74, 6) is 0.138. The van der Waals surface area contributed by atoms with Crippen molar-refractivity contribution < 1.29 is 4.79 Å². The van der Waals surface area contributed by atoms with E-state index in [9.17, 15) is 4.79 Å². The average Bonchev–Trinajstić information content (AvgIpc) is 3.12. The van der Waals surface area contributed by atoms with Crippen LogP contribution >= 0.6 is 22.9 Å². The molecule has 2 aromatic carbocycles. The second-order valence-electron chi connectivity index (χ2n) is 6.99. The number of piperazine rings is 1. The monoisotopic (exact) mass is 399 g/mol. The Bertz CT molecular complexity index is 992. The molecule has 4 nitrogen and oxygen atoms in total. The van der Waals surface area contributed by atoms with E-state index < -0.39 is 0 Å². The van der Waals surface area contributed by atoms with Crippen LogP contribution in [0.4, 0.5) is 5.13 Å². The van der Waals surface area contributed by atoms with Crippen LogP contribution in [0.25, 0.3) is 10.2 Å². The molecule has 0 radical (unpaired) electrons. The molecule has 1 aliphatic rings. The molecule has 0 saturated carbocycles. The summed E-state index contributed by atoms with van der Waals surface area (Å²) in [5, 5.41) is 1.71. The lowest BCUT2D eigenvalue weighted by Gasteiger charge is -2.34. The van der Waals surface area contributed by atoms with Gasteiger partial charge in [-0.1, -0.05) is 47.2 Å². The maximum Gasteiger partial charge on any atom is 0.227 e. The Morgan fingerprint density at radius 3 is 2.59 bits per heavy atom. The minimum Gasteiger partial charge on any atom is -0.345 e. The van der Waals surface area contributed by atoms with Crippen LogP contribution in [0.5, 0.6) is 0 Å². The second-order valence-corrected chi connectivity index (χ2v) is 8.40. The lowest BCUT2D eigenvalue weighted by molar-refractivity contribution is -0.130. The van der Waals surface area contributed by atoms with E-state index in [0.29, 0.717) is 11.4 Å². The van der Waals surface area contributed by atoms with Crippen molar-refractivity contribution in [2.45, 2.75) is 20.3 Å². The molecule has 0 spiro atoms. The average molecular weight is 400 g/mol. The molecular weight excluding hydrogens is 378 g/mol. The molecule has 1 fully saturated rings. The predicted octanol–water partition coefficient (Wildman–Crippen LogP) is 4.46. The van der Waals surface area contributed by atoms with Crippen LogP contribution in [-0.4, -0.2) is 42.0 Å². The highest BCUT2D eigenvalue weighted by Crippen LogP contribution is 2.32. The molecule has 0 aliphatic carbocycles. The number of fused-ring (bicyclic) bond motifs is 1. The number of hydrogen-bond donors (Lipinski definition) is 0. The lowest BCUT2D eigenvalue weighted by Crippen LogP contribution is -2.49. The summed E-state index contributed by atoms with van der Waals surface area (Å²) in [5.41, 5.74) is 4.52. The second kappa shape index (κ2) is 7.49. The van der Waals surface area contributed by atoms with Crippen LogP contribution in [0.2, 0.25) is 5.02 Å². The lowest BCUT2D eigenvalue weighted by atomic mass is 10.1. The molecule has 2 heterocycles. The van der Waals surface area contributed by atoms with E-state index in [0.717, 1.165) is 42.4 Å². The van der Waals surface area contributed by atoms with E-state index in [1.807, 2.05) is 29.2 Å². The standard InChI is InChI=1S/C21H22ClN3OS/c1-14-7-8-18-20(15(14)2)23-21(27-18)25-11-9-24(10-12-25)19(26)13-16-5-3-4-6-17(16)22/h3-8H,9-13H2,1-2H3. The molecule has 0 bridgehead atoms. The highest BCUT2D eigenvalue weighted by molar-refractivity contribution is 7.22. The van der Waals surface area contributed by atoms with Gasteiger partial charge in [0.15, 0.2) is 5.13 Å². The Kier molecular flexibility index (Phi) is 5.06. The zero-order chi connectivity index (χ0) is 19.0. The summed E-state index contributed by atoms with van der Waals surface area (Å²) in [6.45, 7) is 7.32. The minimum absolute atomic E-state index is 0.138.